The normalized spacial score (nSPS) is 16.7. The second-order valence-corrected chi connectivity index (χ2v) is 8.29. The SMILES string of the molecule is Cc1nc(C)c(C(=O)C2=C(O)C(=O)N(Cc3ccco3)C2c2ccccc2Cl)s1. The average Bonchev–Trinajstić information content (AvgIpc) is 3.37. The number of Topliss-reactive ketones (excluding diaryl/α,β-unsaturated/α-hetero) is 1. The third-order valence-electron chi connectivity index (χ3n) is 4.76. The van der Waals surface area contributed by atoms with Gasteiger partial charge in [-0.25, -0.2) is 4.98 Å². The van der Waals surface area contributed by atoms with Gasteiger partial charge in [0.25, 0.3) is 5.91 Å². The fourth-order valence-electron chi connectivity index (χ4n) is 3.50. The summed E-state index contributed by atoms with van der Waals surface area (Å²) in [4.78, 5) is 32.4. The minimum atomic E-state index is -0.837. The summed E-state index contributed by atoms with van der Waals surface area (Å²) in [5.41, 5.74) is 1.12. The highest BCUT2D eigenvalue weighted by molar-refractivity contribution is 7.14. The fourth-order valence-corrected chi connectivity index (χ4v) is 4.62. The van der Waals surface area contributed by atoms with Gasteiger partial charge in [-0.3, -0.25) is 9.59 Å². The van der Waals surface area contributed by atoms with Crippen molar-refractivity contribution < 1.29 is 19.1 Å². The minimum absolute atomic E-state index is 0.00130. The smallest absolute Gasteiger partial charge is 0.290 e. The quantitative estimate of drug-likeness (QED) is 0.591. The number of hydrogen-bond donors (Lipinski definition) is 1. The zero-order valence-corrected chi connectivity index (χ0v) is 17.3. The number of halogens is 1. The van der Waals surface area contributed by atoms with E-state index in [0.717, 1.165) is 5.01 Å². The Kier molecular flexibility index (Phi) is 5.02. The van der Waals surface area contributed by atoms with Gasteiger partial charge in [0.2, 0.25) is 5.78 Å². The molecule has 8 heteroatoms. The van der Waals surface area contributed by atoms with E-state index >= 15 is 0 Å². The lowest BCUT2D eigenvalue weighted by atomic mass is 9.95. The molecule has 1 aliphatic rings. The number of aryl methyl sites for hydroxylation is 2. The maximum absolute atomic E-state index is 13.4. The third kappa shape index (κ3) is 3.36. The molecule has 3 heterocycles. The molecule has 1 unspecified atom stereocenters. The van der Waals surface area contributed by atoms with Crippen molar-refractivity contribution in [1.29, 1.82) is 0 Å². The first-order chi connectivity index (χ1) is 13.9. The van der Waals surface area contributed by atoms with Crippen molar-refractivity contribution in [1.82, 2.24) is 9.88 Å². The second kappa shape index (κ2) is 7.50. The van der Waals surface area contributed by atoms with Crippen molar-refractivity contribution in [3.63, 3.8) is 0 Å². The van der Waals surface area contributed by atoms with E-state index < -0.39 is 23.5 Å². The number of ketones is 1. The Balaban J connectivity index is 1.85. The van der Waals surface area contributed by atoms with Crippen molar-refractivity contribution in [2.24, 2.45) is 0 Å². The zero-order valence-electron chi connectivity index (χ0n) is 15.7. The van der Waals surface area contributed by atoms with Crippen LogP contribution in [0.3, 0.4) is 0 Å². The van der Waals surface area contributed by atoms with Gasteiger partial charge < -0.3 is 14.4 Å². The number of furan rings is 1. The lowest BCUT2D eigenvalue weighted by Gasteiger charge is -2.26. The summed E-state index contributed by atoms with van der Waals surface area (Å²) in [5, 5.41) is 11.8. The molecular formula is C21H17ClN2O4S. The molecule has 0 fully saturated rings. The number of nitrogens with zero attached hydrogens (tertiary/aromatic N) is 2. The zero-order chi connectivity index (χ0) is 20.7. The number of aliphatic hydroxyl groups excluding tert-OH is 1. The number of aliphatic hydroxyl groups is 1. The Bertz CT molecular complexity index is 1130. The Labute approximate surface area is 176 Å². The Morgan fingerprint density at radius 2 is 2.03 bits per heavy atom. The number of rotatable bonds is 5. The minimum Gasteiger partial charge on any atom is -0.503 e. The van der Waals surface area contributed by atoms with E-state index in [4.69, 9.17) is 16.0 Å². The number of thiazole rings is 1. The molecule has 6 nitrogen and oxygen atoms in total. The summed E-state index contributed by atoms with van der Waals surface area (Å²) in [6.45, 7) is 3.62. The van der Waals surface area contributed by atoms with Crippen LogP contribution in [0.5, 0.6) is 0 Å². The van der Waals surface area contributed by atoms with Crippen LogP contribution in [0.4, 0.5) is 0 Å². The van der Waals surface area contributed by atoms with Crippen LogP contribution >= 0.6 is 22.9 Å². The van der Waals surface area contributed by atoms with E-state index in [2.05, 4.69) is 4.98 Å². The summed E-state index contributed by atoms with van der Waals surface area (Å²) < 4.78 is 5.38. The van der Waals surface area contributed by atoms with E-state index in [1.54, 1.807) is 50.2 Å². The van der Waals surface area contributed by atoms with Gasteiger partial charge in [0.05, 0.1) is 40.0 Å². The molecule has 0 spiro atoms. The van der Waals surface area contributed by atoms with Crippen molar-refractivity contribution in [2.45, 2.75) is 26.4 Å². The Morgan fingerprint density at radius 3 is 2.66 bits per heavy atom. The topological polar surface area (TPSA) is 83.6 Å². The summed E-state index contributed by atoms with van der Waals surface area (Å²) >= 11 is 7.64. The monoisotopic (exact) mass is 428 g/mol. The highest BCUT2D eigenvalue weighted by Crippen LogP contribution is 2.43. The Hall–Kier alpha value is -2.90. The predicted molar refractivity (Wildman–Crippen MR) is 109 cm³/mol. The average molecular weight is 429 g/mol. The number of aromatic nitrogens is 1. The van der Waals surface area contributed by atoms with E-state index in [1.807, 2.05) is 0 Å². The molecule has 0 aliphatic carbocycles. The van der Waals surface area contributed by atoms with Gasteiger partial charge in [-0.15, -0.1) is 11.3 Å². The first-order valence-corrected chi connectivity index (χ1v) is 10.1. The van der Waals surface area contributed by atoms with Crippen LogP contribution in [0.25, 0.3) is 0 Å². The first-order valence-electron chi connectivity index (χ1n) is 8.88. The van der Waals surface area contributed by atoms with Crippen LogP contribution in [0, 0.1) is 13.8 Å². The van der Waals surface area contributed by atoms with E-state index in [-0.39, 0.29) is 12.1 Å². The van der Waals surface area contributed by atoms with Gasteiger partial charge in [0.15, 0.2) is 5.76 Å². The van der Waals surface area contributed by atoms with Crippen molar-refractivity contribution in [3.8, 4) is 0 Å². The molecule has 0 radical (unpaired) electrons. The molecule has 2 aromatic heterocycles. The largest absolute Gasteiger partial charge is 0.503 e. The van der Waals surface area contributed by atoms with Crippen LogP contribution in [0.1, 0.15) is 37.7 Å². The number of carbonyl (C=O) groups excluding carboxylic acids is 2. The van der Waals surface area contributed by atoms with Gasteiger partial charge >= 0.3 is 0 Å². The molecule has 0 saturated heterocycles. The highest BCUT2D eigenvalue weighted by Gasteiger charge is 2.45. The summed E-state index contributed by atoms with van der Waals surface area (Å²) in [5.74, 6) is -1.11. The summed E-state index contributed by atoms with van der Waals surface area (Å²) in [6.07, 6.45) is 1.50. The van der Waals surface area contributed by atoms with Gasteiger partial charge in [-0.05, 0) is 37.6 Å². The lowest BCUT2D eigenvalue weighted by molar-refractivity contribution is -0.130. The van der Waals surface area contributed by atoms with Crippen LogP contribution in [0.15, 0.2) is 58.4 Å². The number of benzene rings is 1. The molecule has 1 aromatic carbocycles. The molecule has 1 amide bonds. The van der Waals surface area contributed by atoms with Gasteiger partial charge in [-0.2, -0.15) is 0 Å². The fraction of sp³-hybridized carbons (Fsp3) is 0.190. The molecule has 29 heavy (non-hydrogen) atoms. The van der Waals surface area contributed by atoms with Gasteiger partial charge in [-0.1, -0.05) is 29.8 Å². The molecule has 3 aromatic rings. The molecule has 148 valence electrons. The van der Waals surface area contributed by atoms with Crippen molar-refractivity contribution in [2.75, 3.05) is 0 Å². The maximum atomic E-state index is 13.4. The second-order valence-electron chi connectivity index (χ2n) is 6.68. The Morgan fingerprint density at radius 1 is 1.28 bits per heavy atom. The van der Waals surface area contributed by atoms with Crippen LogP contribution < -0.4 is 0 Å². The molecule has 0 saturated carbocycles. The number of hydrogen-bond acceptors (Lipinski definition) is 6. The van der Waals surface area contributed by atoms with Crippen molar-refractivity contribution >= 4 is 34.6 Å². The summed E-state index contributed by atoms with van der Waals surface area (Å²) in [7, 11) is 0. The molecule has 0 bridgehead atoms. The third-order valence-corrected chi connectivity index (χ3v) is 6.18. The molecular weight excluding hydrogens is 412 g/mol. The van der Waals surface area contributed by atoms with Gasteiger partial charge in [0, 0.05) is 5.02 Å². The standard InChI is InChI=1S/C21H17ClN2O4S/c1-11-20(29-12(2)23-11)18(25)16-17(14-7-3-4-8-15(14)22)24(21(27)19(16)26)10-13-6-5-9-28-13/h3-9,17,26H,10H2,1-2H3. The number of carbonyl (C=O) groups is 2. The van der Waals surface area contributed by atoms with Gasteiger partial charge in [0.1, 0.15) is 5.76 Å². The molecule has 1 aliphatic heterocycles. The predicted octanol–water partition coefficient (Wildman–Crippen LogP) is 4.78. The first kappa shape index (κ1) is 19.4. The molecule has 1 atom stereocenters. The van der Waals surface area contributed by atoms with E-state index in [1.165, 1.54) is 22.5 Å². The van der Waals surface area contributed by atoms with E-state index in [0.29, 0.717) is 26.9 Å². The summed E-state index contributed by atoms with van der Waals surface area (Å²) in [6, 6.07) is 9.57. The van der Waals surface area contributed by atoms with Crippen molar-refractivity contribution in [3.05, 3.63) is 85.9 Å². The molecule has 4 rings (SSSR count). The van der Waals surface area contributed by atoms with Crippen LogP contribution in [-0.4, -0.2) is 26.7 Å². The highest BCUT2D eigenvalue weighted by atomic mass is 35.5. The lowest BCUT2D eigenvalue weighted by Crippen LogP contribution is -2.30. The molecule has 1 N–H and O–H groups in total. The van der Waals surface area contributed by atoms with E-state index in [9.17, 15) is 14.7 Å². The van der Waals surface area contributed by atoms with Crippen LogP contribution in [0.2, 0.25) is 5.02 Å². The number of amides is 1. The van der Waals surface area contributed by atoms with Crippen LogP contribution in [-0.2, 0) is 11.3 Å². The maximum Gasteiger partial charge on any atom is 0.290 e.